The standard InChI is InChI=1S/C26H27FO/c1-3-7-20-11-15-25(26(27)17-20)24-14-13-22-16-21(10-12-23(22)18-24)9-6-4-5-8-19(2)28/h3,6,9-19,28H,1,4-5,7-8H2,2H3. The number of unbranched alkanes of at least 4 members (excludes halogenated alkanes) is 1. The summed E-state index contributed by atoms with van der Waals surface area (Å²) in [5, 5.41) is 11.5. The highest BCUT2D eigenvalue weighted by molar-refractivity contribution is 5.89. The fourth-order valence-corrected chi connectivity index (χ4v) is 3.37. The summed E-state index contributed by atoms with van der Waals surface area (Å²) in [6.45, 7) is 5.53. The van der Waals surface area contributed by atoms with E-state index in [2.05, 4.69) is 36.9 Å². The van der Waals surface area contributed by atoms with Crippen LogP contribution in [-0.4, -0.2) is 11.2 Å². The van der Waals surface area contributed by atoms with Crippen molar-refractivity contribution in [2.24, 2.45) is 0 Å². The summed E-state index contributed by atoms with van der Waals surface area (Å²) in [7, 11) is 0. The van der Waals surface area contributed by atoms with Crippen LogP contribution in [0.2, 0.25) is 0 Å². The minimum atomic E-state index is -0.230. The number of aliphatic hydroxyl groups excluding tert-OH is 1. The second kappa shape index (κ2) is 9.48. The number of fused-ring (bicyclic) bond motifs is 1. The Kier molecular flexibility index (Phi) is 6.78. The molecule has 0 fully saturated rings. The van der Waals surface area contributed by atoms with Crippen LogP contribution in [0.1, 0.15) is 37.3 Å². The summed E-state index contributed by atoms with van der Waals surface area (Å²) in [5.74, 6) is -0.199. The van der Waals surface area contributed by atoms with E-state index in [1.807, 2.05) is 37.3 Å². The highest BCUT2D eigenvalue weighted by atomic mass is 19.1. The van der Waals surface area contributed by atoms with Crippen molar-refractivity contribution in [1.82, 2.24) is 0 Å². The van der Waals surface area contributed by atoms with Crippen LogP contribution in [-0.2, 0) is 6.42 Å². The first kappa shape index (κ1) is 20.0. The lowest BCUT2D eigenvalue weighted by Crippen LogP contribution is -1.97. The van der Waals surface area contributed by atoms with Crippen molar-refractivity contribution in [2.45, 2.75) is 38.7 Å². The van der Waals surface area contributed by atoms with Gasteiger partial charge in [0.1, 0.15) is 5.82 Å². The van der Waals surface area contributed by atoms with Gasteiger partial charge in [0.2, 0.25) is 0 Å². The molecule has 0 bridgehead atoms. The average Bonchev–Trinajstić information content (AvgIpc) is 2.67. The van der Waals surface area contributed by atoms with E-state index in [4.69, 9.17) is 0 Å². The van der Waals surface area contributed by atoms with E-state index < -0.39 is 0 Å². The number of allylic oxidation sites excluding steroid dienone is 2. The first-order chi connectivity index (χ1) is 13.6. The molecule has 0 saturated carbocycles. The molecular formula is C26H27FO. The predicted molar refractivity (Wildman–Crippen MR) is 118 cm³/mol. The van der Waals surface area contributed by atoms with Gasteiger partial charge < -0.3 is 5.11 Å². The monoisotopic (exact) mass is 374 g/mol. The van der Waals surface area contributed by atoms with Gasteiger partial charge in [0.15, 0.2) is 0 Å². The summed E-state index contributed by atoms with van der Waals surface area (Å²) in [6.07, 6.45) is 9.27. The second-order valence-corrected chi connectivity index (χ2v) is 7.31. The second-order valence-electron chi connectivity index (χ2n) is 7.31. The van der Waals surface area contributed by atoms with Gasteiger partial charge in [-0.3, -0.25) is 0 Å². The van der Waals surface area contributed by atoms with E-state index in [1.54, 1.807) is 12.1 Å². The summed E-state index contributed by atoms with van der Waals surface area (Å²) in [4.78, 5) is 0. The number of benzene rings is 3. The molecule has 0 saturated heterocycles. The minimum absolute atomic E-state index is 0.199. The molecule has 0 heterocycles. The Labute approximate surface area is 166 Å². The maximum absolute atomic E-state index is 14.5. The molecule has 0 aromatic heterocycles. The van der Waals surface area contributed by atoms with Crippen LogP contribution in [0, 0.1) is 5.82 Å². The molecule has 2 heteroatoms. The Balaban J connectivity index is 1.78. The van der Waals surface area contributed by atoms with Gasteiger partial charge in [0.05, 0.1) is 6.10 Å². The van der Waals surface area contributed by atoms with Gasteiger partial charge in [-0.1, -0.05) is 54.6 Å². The Morgan fingerprint density at radius 1 is 1.04 bits per heavy atom. The lowest BCUT2D eigenvalue weighted by Gasteiger charge is -2.08. The van der Waals surface area contributed by atoms with Crippen molar-refractivity contribution in [3.8, 4) is 11.1 Å². The van der Waals surface area contributed by atoms with Gasteiger partial charge in [0, 0.05) is 5.56 Å². The van der Waals surface area contributed by atoms with Crippen LogP contribution in [0.25, 0.3) is 28.0 Å². The zero-order valence-electron chi connectivity index (χ0n) is 16.4. The van der Waals surface area contributed by atoms with Gasteiger partial charge >= 0.3 is 0 Å². The summed E-state index contributed by atoms with van der Waals surface area (Å²) in [6, 6.07) is 17.8. The van der Waals surface area contributed by atoms with E-state index in [1.165, 1.54) is 0 Å². The highest BCUT2D eigenvalue weighted by Crippen LogP contribution is 2.28. The van der Waals surface area contributed by atoms with E-state index >= 15 is 0 Å². The molecule has 0 amide bonds. The Hall–Kier alpha value is -2.71. The van der Waals surface area contributed by atoms with E-state index in [0.717, 1.165) is 46.7 Å². The van der Waals surface area contributed by atoms with Crippen molar-refractivity contribution in [3.05, 3.63) is 90.3 Å². The topological polar surface area (TPSA) is 20.2 Å². The smallest absolute Gasteiger partial charge is 0.131 e. The summed E-state index contributed by atoms with van der Waals surface area (Å²) in [5.41, 5.74) is 3.59. The molecule has 0 aliphatic heterocycles. The number of hydrogen-bond acceptors (Lipinski definition) is 1. The van der Waals surface area contributed by atoms with Crippen molar-refractivity contribution < 1.29 is 9.50 Å². The fraction of sp³-hybridized carbons (Fsp3) is 0.231. The van der Waals surface area contributed by atoms with Crippen molar-refractivity contribution in [1.29, 1.82) is 0 Å². The SMILES string of the molecule is C=CCc1ccc(-c2ccc3cc(C=CCCCC(C)O)ccc3c2)c(F)c1. The lowest BCUT2D eigenvalue weighted by molar-refractivity contribution is 0.182. The molecule has 1 atom stereocenters. The maximum Gasteiger partial charge on any atom is 0.131 e. The minimum Gasteiger partial charge on any atom is -0.393 e. The number of aliphatic hydroxyl groups is 1. The van der Waals surface area contributed by atoms with Crippen LogP contribution >= 0.6 is 0 Å². The van der Waals surface area contributed by atoms with Crippen molar-refractivity contribution in [3.63, 3.8) is 0 Å². The summed E-state index contributed by atoms with van der Waals surface area (Å²) < 4.78 is 14.5. The molecular weight excluding hydrogens is 347 g/mol. The lowest BCUT2D eigenvalue weighted by atomic mass is 9.98. The molecule has 3 aromatic rings. The van der Waals surface area contributed by atoms with Crippen LogP contribution < -0.4 is 0 Å². The summed E-state index contributed by atoms with van der Waals surface area (Å²) >= 11 is 0. The first-order valence-corrected chi connectivity index (χ1v) is 9.85. The Morgan fingerprint density at radius 2 is 1.82 bits per heavy atom. The number of hydrogen-bond donors (Lipinski definition) is 1. The molecule has 1 unspecified atom stereocenters. The molecule has 3 aromatic carbocycles. The first-order valence-electron chi connectivity index (χ1n) is 9.85. The molecule has 1 nitrogen and oxygen atoms in total. The van der Waals surface area contributed by atoms with Gasteiger partial charge in [-0.25, -0.2) is 4.39 Å². The third-order valence-electron chi connectivity index (χ3n) is 4.89. The zero-order chi connectivity index (χ0) is 19.9. The van der Waals surface area contributed by atoms with Crippen molar-refractivity contribution in [2.75, 3.05) is 0 Å². The van der Waals surface area contributed by atoms with Crippen LogP contribution in [0.4, 0.5) is 4.39 Å². The third-order valence-corrected chi connectivity index (χ3v) is 4.89. The van der Waals surface area contributed by atoms with Gasteiger partial charge in [-0.05, 0) is 78.3 Å². The van der Waals surface area contributed by atoms with E-state index in [-0.39, 0.29) is 11.9 Å². The molecule has 0 radical (unpaired) electrons. The van der Waals surface area contributed by atoms with Gasteiger partial charge in [-0.2, -0.15) is 0 Å². The van der Waals surface area contributed by atoms with Crippen LogP contribution in [0.3, 0.4) is 0 Å². The molecule has 144 valence electrons. The van der Waals surface area contributed by atoms with Crippen LogP contribution in [0.5, 0.6) is 0 Å². The molecule has 28 heavy (non-hydrogen) atoms. The Bertz CT molecular complexity index is 985. The number of halogens is 1. The molecule has 3 rings (SSSR count). The number of rotatable bonds is 8. The largest absolute Gasteiger partial charge is 0.393 e. The fourth-order valence-electron chi connectivity index (χ4n) is 3.37. The Morgan fingerprint density at radius 3 is 2.57 bits per heavy atom. The van der Waals surface area contributed by atoms with Crippen LogP contribution in [0.15, 0.2) is 73.3 Å². The van der Waals surface area contributed by atoms with Gasteiger partial charge in [-0.15, -0.1) is 6.58 Å². The van der Waals surface area contributed by atoms with Gasteiger partial charge in [0.25, 0.3) is 0 Å². The van der Waals surface area contributed by atoms with E-state index in [9.17, 15) is 9.50 Å². The molecule has 0 aliphatic carbocycles. The average molecular weight is 374 g/mol. The van der Waals surface area contributed by atoms with E-state index in [0.29, 0.717) is 12.0 Å². The third kappa shape index (κ3) is 5.17. The molecule has 0 aliphatic rings. The maximum atomic E-state index is 14.5. The predicted octanol–water partition coefficient (Wildman–Crippen LogP) is 6.94. The normalized spacial score (nSPS) is 12.5. The molecule has 1 N–H and O–H groups in total. The zero-order valence-corrected chi connectivity index (χ0v) is 16.4. The highest BCUT2D eigenvalue weighted by Gasteiger charge is 2.07. The van der Waals surface area contributed by atoms with Crippen molar-refractivity contribution >= 4 is 16.8 Å². The molecule has 0 spiro atoms. The quantitative estimate of drug-likeness (QED) is 0.334.